The van der Waals surface area contributed by atoms with Gasteiger partial charge in [-0.05, 0) is 49.6 Å². The Morgan fingerprint density at radius 1 is 1.14 bits per heavy atom. The van der Waals surface area contributed by atoms with Gasteiger partial charge in [-0.1, -0.05) is 23.9 Å². The van der Waals surface area contributed by atoms with Crippen molar-refractivity contribution in [2.24, 2.45) is 0 Å². The van der Waals surface area contributed by atoms with E-state index in [4.69, 9.17) is 4.98 Å². The number of para-hydroxylation sites is 1. The topological polar surface area (TPSA) is 72.2 Å². The molecule has 28 heavy (non-hydrogen) atoms. The summed E-state index contributed by atoms with van der Waals surface area (Å²) < 4.78 is 1.56. The molecule has 0 atom stereocenters. The number of hydrogen-bond donors (Lipinski definition) is 1. The Labute approximate surface area is 166 Å². The summed E-state index contributed by atoms with van der Waals surface area (Å²) in [6.45, 7) is 1.99. The molecule has 6 nitrogen and oxygen atoms in total. The highest BCUT2D eigenvalue weighted by molar-refractivity contribution is 7.98. The van der Waals surface area contributed by atoms with Gasteiger partial charge in [0.25, 0.3) is 5.56 Å². The number of nitrogens with zero attached hydrogens (tertiary/aromatic N) is 4. The van der Waals surface area contributed by atoms with Crippen LogP contribution < -0.4 is 10.9 Å². The second-order valence-corrected chi connectivity index (χ2v) is 8.04. The summed E-state index contributed by atoms with van der Waals surface area (Å²) >= 11 is 1.50. The van der Waals surface area contributed by atoms with E-state index in [1.807, 2.05) is 43.3 Å². The summed E-state index contributed by atoms with van der Waals surface area (Å²) in [5.74, 6) is 1.43. The molecule has 0 amide bonds. The van der Waals surface area contributed by atoms with Crippen LogP contribution in [0.25, 0.3) is 16.6 Å². The summed E-state index contributed by atoms with van der Waals surface area (Å²) in [5.41, 5.74) is 3.32. The smallest absolute Gasteiger partial charge is 0.258 e. The van der Waals surface area contributed by atoms with Gasteiger partial charge in [-0.3, -0.25) is 9.20 Å². The third-order valence-electron chi connectivity index (χ3n) is 4.73. The largest absolute Gasteiger partial charge is 0.367 e. The fraction of sp³-hybridized carbons (Fsp3) is 0.238. The van der Waals surface area contributed by atoms with Gasteiger partial charge in [-0.2, -0.15) is 0 Å². The molecule has 3 heterocycles. The average molecular weight is 389 g/mol. The van der Waals surface area contributed by atoms with Crippen molar-refractivity contribution in [1.29, 1.82) is 0 Å². The highest BCUT2D eigenvalue weighted by atomic mass is 32.2. The minimum atomic E-state index is -0.0730. The fourth-order valence-electron chi connectivity index (χ4n) is 3.12. The normalized spacial score (nSPS) is 13.9. The van der Waals surface area contributed by atoms with Crippen molar-refractivity contribution in [2.45, 2.75) is 36.7 Å². The van der Waals surface area contributed by atoms with Gasteiger partial charge in [-0.25, -0.2) is 15.0 Å². The lowest BCUT2D eigenvalue weighted by molar-refractivity contribution is 0.976. The molecule has 1 aliphatic carbocycles. The van der Waals surface area contributed by atoms with E-state index in [9.17, 15) is 4.79 Å². The average Bonchev–Trinajstić information content (AvgIpc) is 3.50. The van der Waals surface area contributed by atoms with E-state index in [1.54, 1.807) is 16.7 Å². The SMILES string of the molecule is Cc1ccn2c(=O)cc(CSc3nc(NC4CC4)c4ccccc4n3)nc2c1. The number of thioether (sulfide) groups is 1. The number of aromatic nitrogens is 4. The Morgan fingerprint density at radius 2 is 2.00 bits per heavy atom. The number of rotatable bonds is 5. The van der Waals surface area contributed by atoms with Gasteiger partial charge < -0.3 is 5.32 Å². The summed E-state index contributed by atoms with van der Waals surface area (Å²) in [6.07, 6.45) is 4.13. The van der Waals surface area contributed by atoms with Crippen LogP contribution in [0.15, 0.2) is 58.6 Å². The minimum absolute atomic E-state index is 0.0730. The third kappa shape index (κ3) is 3.45. The van der Waals surface area contributed by atoms with Crippen LogP contribution in [0.2, 0.25) is 0 Å². The minimum Gasteiger partial charge on any atom is -0.367 e. The van der Waals surface area contributed by atoms with Crippen LogP contribution in [-0.4, -0.2) is 25.4 Å². The van der Waals surface area contributed by atoms with Crippen molar-refractivity contribution in [2.75, 3.05) is 5.32 Å². The van der Waals surface area contributed by atoms with Gasteiger partial charge in [0.05, 0.1) is 11.2 Å². The molecule has 0 aliphatic heterocycles. The zero-order valence-corrected chi connectivity index (χ0v) is 16.2. The van der Waals surface area contributed by atoms with Crippen molar-refractivity contribution >= 4 is 34.1 Å². The van der Waals surface area contributed by atoms with Crippen LogP contribution in [0.1, 0.15) is 24.1 Å². The van der Waals surface area contributed by atoms with E-state index in [0.29, 0.717) is 22.6 Å². The summed E-state index contributed by atoms with van der Waals surface area (Å²) in [5, 5.41) is 5.23. The quantitative estimate of drug-likeness (QED) is 0.413. The molecule has 4 aromatic rings. The van der Waals surface area contributed by atoms with Gasteiger partial charge in [0.15, 0.2) is 5.16 Å². The molecule has 140 valence electrons. The molecular weight excluding hydrogens is 370 g/mol. The van der Waals surface area contributed by atoms with E-state index >= 15 is 0 Å². The zero-order chi connectivity index (χ0) is 19.1. The molecule has 1 saturated carbocycles. The zero-order valence-electron chi connectivity index (χ0n) is 15.4. The number of pyridine rings is 1. The first-order chi connectivity index (χ1) is 13.7. The second kappa shape index (κ2) is 6.91. The van der Waals surface area contributed by atoms with Crippen LogP contribution in [0.5, 0.6) is 0 Å². The maximum Gasteiger partial charge on any atom is 0.258 e. The molecule has 0 spiro atoms. The Hall–Kier alpha value is -2.93. The van der Waals surface area contributed by atoms with Crippen LogP contribution in [0.4, 0.5) is 5.82 Å². The second-order valence-electron chi connectivity index (χ2n) is 7.10. The lowest BCUT2D eigenvalue weighted by atomic mass is 10.2. The van der Waals surface area contributed by atoms with Gasteiger partial charge in [-0.15, -0.1) is 0 Å². The van der Waals surface area contributed by atoms with E-state index in [-0.39, 0.29) is 5.56 Å². The Balaban J connectivity index is 1.45. The summed E-state index contributed by atoms with van der Waals surface area (Å²) in [4.78, 5) is 26.4. The number of fused-ring (bicyclic) bond motifs is 2. The lowest BCUT2D eigenvalue weighted by Crippen LogP contribution is -2.15. The maximum absolute atomic E-state index is 12.4. The van der Waals surface area contributed by atoms with Crippen LogP contribution >= 0.6 is 11.8 Å². The maximum atomic E-state index is 12.4. The molecule has 1 fully saturated rings. The predicted molar refractivity (Wildman–Crippen MR) is 112 cm³/mol. The number of aryl methyl sites for hydroxylation is 1. The van der Waals surface area contributed by atoms with Crippen molar-refractivity contribution in [3.05, 3.63) is 70.3 Å². The Bertz CT molecular complexity index is 1250. The molecule has 1 N–H and O–H groups in total. The number of anilines is 1. The van der Waals surface area contributed by atoms with E-state index in [2.05, 4.69) is 15.3 Å². The van der Waals surface area contributed by atoms with E-state index in [0.717, 1.165) is 28.0 Å². The first-order valence-corrected chi connectivity index (χ1v) is 10.3. The third-order valence-corrected chi connectivity index (χ3v) is 5.61. The van der Waals surface area contributed by atoms with Crippen molar-refractivity contribution < 1.29 is 0 Å². The van der Waals surface area contributed by atoms with Gasteiger partial charge in [0.1, 0.15) is 11.5 Å². The number of benzene rings is 1. The molecular formula is C21H19N5OS. The monoisotopic (exact) mass is 389 g/mol. The van der Waals surface area contributed by atoms with E-state index < -0.39 is 0 Å². The molecule has 7 heteroatoms. The number of nitrogens with one attached hydrogen (secondary N) is 1. The van der Waals surface area contributed by atoms with Gasteiger partial charge in [0.2, 0.25) is 0 Å². The number of hydrogen-bond acceptors (Lipinski definition) is 6. The summed E-state index contributed by atoms with van der Waals surface area (Å²) in [7, 11) is 0. The van der Waals surface area contributed by atoms with Gasteiger partial charge >= 0.3 is 0 Å². The molecule has 1 aromatic carbocycles. The van der Waals surface area contributed by atoms with E-state index in [1.165, 1.54) is 24.6 Å². The molecule has 0 radical (unpaired) electrons. The molecule has 3 aromatic heterocycles. The van der Waals surface area contributed by atoms with Crippen LogP contribution in [0.3, 0.4) is 0 Å². The molecule has 0 unspecified atom stereocenters. The van der Waals surface area contributed by atoms with Crippen LogP contribution in [0, 0.1) is 6.92 Å². The Morgan fingerprint density at radius 3 is 2.86 bits per heavy atom. The first-order valence-electron chi connectivity index (χ1n) is 9.31. The summed E-state index contributed by atoms with van der Waals surface area (Å²) in [6, 6.07) is 14.0. The highest BCUT2D eigenvalue weighted by Crippen LogP contribution is 2.30. The highest BCUT2D eigenvalue weighted by Gasteiger charge is 2.22. The lowest BCUT2D eigenvalue weighted by Gasteiger charge is -2.10. The van der Waals surface area contributed by atoms with Gasteiger partial charge in [0, 0.05) is 29.4 Å². The van der Waals surface area contributed by atoms with Crippen LogP contribution in [-0.2, 0) is 5.75 Å². The molecule has 5 rings (SSSR count). The molecule has 0 bridgehead atoms. The van der Waals surface area contributed by atoms with Crippen molar-refractivity contribution in [3.8, 4) is 0 Å². The predicted octanol–water partition coefficient (Wildman–Crippen LogP) is 3.81. The molecule has 0 saturated heterocycles. The fourth-order valence-corrected chi connectivity index (χ4v) is 3.86. The Kier molecular flexibility index (Phi) is 4.24. The standard InChI is InChI=1S/C21H19N5OS/c1-13-8-9-26-18(10-13)22-15(11-19(26)27)12-28-21-24-17-5-3-2-4-16(17)20(25-21)23-14-6-7-14/h2-5,8-11,14H,6-7,12H2,1H3,(H,23,24,25). The molecule has 1 aliphatic rings. The van der Waals surface area contributed by atoms with Crippen molar-refractivity contribution in [3.63, 3.8) is 0 Å². The first kappa shape index (κ1) is 17.2. The van der Waals surface area contributed by atoms with Crippen molar-refractivity contribution in [1.82, 2.24) is 19.4 Å².